The normalized spacial score (nSPS) is 16.2. The lowest BCUT2D eigenvalue weighted by Gasteiger charge is -2.35. The van der Waals surface area contributed by atoms with Crippen molar-refractivity contribution in [3.05, 3.63) is 53.3 Å². The van der Waals surface area contributed by atoms with E-state index in [0.717, 1.165) is 37.2 Å². The number of ether oxygens (including phenoxy) is 3. The van der Waals surface area contributed by atoms with E-state index in [1.54, 1.807) is 19.2 Å². The molecule has 0 bridgehead atoms. The van der Waals surface area contributed by atoms with Gasteiger partial charge in [-0.1, -0.05) is 18.2 Å². The number of hydrogen-bond acceptors (Lipinski definition) is 5. The standard InChI is InChI=1S/C23H24ClFN2O4/c1-14(17-10-19-22(11-21(17)29-2)31-13-23(28)26-19)27-7-5-15(6-8-27)12-30-20-4-3-16(25)9-18(20)24/h3-4,9-11,15H,1,5-8,12-13H2,2H3,(H,26,28). The second-order valence-electron chi connectivity index (χ2n) is 7.65. The van der Waals surface area contributed by atoms with Gasteiger partial charge in [0.2, 0.25) is 0 Å². The van der Waals surface area contributed by atoms with E-state index < -0.39 is 0 Å². The summed E-state index contributed by atoms with van der Waals surface area (Å²) in [6.45, 7) is 6.42. The maximum atomic E-state index is 13.2. The van der Waals surface area contributed by atoms with E-state index in [9.17, 15) is 9.18 Å². The van der Waals surface area contributed by atoms with Crippen LogP contribution in [0.1, 0.15) is 18.4 Å². The molecule has 0 aromatic heterocycles. The summed E-state index contributed by atoms with van der Waals surface area (Å²) in [5.74, 6) is 1.53. The first-order valence-corrected chi connectivity index (χ1v) is 10.5. The highest BCUT2D eigenvalue weighted by atomic mass is 35.5. The molecule has 6 nitrogen and oxygen atoms in total. The fourth-order valence-corrected chi connectivity index (χ4v) is 4.06. The molecule has 0 aliphatic carbocycles. The van der Waals surface area contributed by atoms with Crippen LogP contribution < -0.4 is 19.5 Å². The molecule has 164 valence electrons. The molecule has 8 heteroatoms. The largest absolute Gasteiger partial charge is 0.496 e. The molecule has 4 rings (SSSR count). The van der Waals surface area contributed by atoms with Crippen molar-refractivity contribution in [1.29, 1.82) is 0 Å². The molecule has 1 N–H and O–H groups in total. The first-order chi connectivity index (χ1) is 14.9. The maximum absolute atomic E-state index is 13.2. The Morgan fingerprint density at radius 1 is 1.29 bits per heavy atom. The lowest BCUT2D eigenvalue weighted by molar-refractivity contribution is -0.118. The van der Waals surface area contributed by atoms with Crippen molar-refractivity contribution in [2.75, 3.05) is 38.7 Å². The van der Waals surface area contributed by atoms with Gasteiger partial charge in [0.1, 0.15) is 23.1 Å². The summed E-state index contributed by atoms with van der Waals surface area (Å²) in [5, 5.41) is 3.11. The maximum Gasteiger partial charge on any atom is 0.262 e. The summed E-state index contributed by atoms with van der Waals surface area (Å²) in [5.41, 5.74) is 2.27. The van der Waals surface area contributed by atoms with Gasteiger partial charge < -0.3 is 24.4 Å². The number of halogens is 2. The van der Waals surface area contributed by atoms with E-state index in [0.29, 0.717) is 35.5 Å². The molecule has 0 radical (unpaired) electrons. The summed E-state index contributed by atoms with van der Waals surface area (Å²) < 4.78 is 30.0. The third kappa shape index (κ3) is 4.71. The molecule has 2 aliphatic heterocycles. The monoisotopic (exact) mass is 446 g/mol. The minimum Gasteiger partial charge on any atom is -0.496 e. The number of piperidine rings is 1. The zero-order chi connectivity index (χ0) is 22.0. The second-order valence-corrected chi connectivity index (χ2v) is 8.06. The van der Waals surface area contributed by atoms with Crippen LogP contribution in [0.3, 0.4) is 0 Å². The number of rotatable bonds is 6. The number of carbonyl (C=O) groups is 1. The number of anilines is 1. The molecular weight excluding hydrogens is 423 g/mol. The predicted molar refractivity (Wildman–Crippen MR) is 117 cm³/mol. The predicted octanol–water partition coefficient (Wildman–Crippen LogP) is 4.58. The highest BCUT2D eigenvalue weighted by molar-refractivity contribution is 6.32. The van der Waals surface area contributed by atoms with Crippen LogP contribution in [0.4, 0.5) is 10.1 Å². The van der Waals surface area contributed by atoms with E-state index in [1.165, 1.54) is 12.1 Å². The minimum atomic E-state index is -0.382. The highest BCUT2D eigenvalue weighted by Crippen LogP contribution is 2.39. The molecule has 1 saturated heterocycles. The molecule has 2 heterocycles. The van der Waals surface area contributed by atoms with Crippen LogP contribution in [0.25, 0.3) is 5.70 Å². The van der Waals surface area contributed by atoms with E-state index in [2.05, 4.69) is 16.8 Å². The Balaban J connectivity index is 1.38. The number of hydrogen-bond donors (Lipinski definition) is 1. The van der Waals surface area contributed by atoms with Gasteiger partial charge in [-0.05, 0) is 43.0 Å². The fourth-order valence-electron chi connectivity index (χ4n) is 3.84. The average Bonchev–Trinajstić information content (AvgIpc) is 2.77. The molecule has 2 aromatic rings. The topological polar surface area (TPSA) is 60.0 Å². The number of amides is 1. The number of methoxy groups -OCH3 is 1. The lowest BCUT2D eigenvalue weighted by atomic mass is 9.96. The van der Waals surface area contributed by atoms with Crippen LogP contribution in [0, 0.1) is 11.7 Å². The Bertz CT molecular complexity index is 1010. The Labute approximate surface area is 185 Å². The molecule has 1 amide bonds. The molecule has 2 aromatic carbocycles. The Hall–Kier alpha value is -2.93. The number of nitrogens with zero attached hydrogens (tertiary/aromatic N) is 1. The van der Waals surface area contributed by atoms with E-state index in [-0.39, 0.29) is 23.4 Å². The van der Waals surface area contributed by atoms with Crippen LogP contribution in [0.2, 0.25) is 5.02 Å². The molecular formula is C23H24ClFN2O4. The van der Waals surface area contributed by atoms with Gasteiger partial charge in [-0.15, -0.1) is 0 Å². The molecule has 0 atom stereocenters. The summed E-state index contributed by atoms with van der Waals surface area (Å²) >= 11 is 6.04. The van der Waals surface area contributed by atoms with E-state index in [4.69, 9.17) is 25.8 Å². The fraction of sp³-hybridized carbons (Fsp3) is 0.348. The quantitative estimate of drug-likeness (QED) is 0.703. The number of fused-ring (bicyclic) bond motifs is 1. The number of nitrogens with one attached hydrogen (secondary N) is 1. The van der Waals surface area contributed by atoms with E-state index >= 15 is 0 Å². The first-order valence-electron chi connectivity index (χ1n) is 10.1. The van der Waals surface area contributed by atoms with Crippen LogP contribution in [-0.4, -0.2) is 44.2 Å². The molecule has 0 saturated carbocycles. The van der Waals surface area contributed by atoms with Crippen molar-refractivity contribution in [2.45, 2.75) is 12.8 Å². The van der Waals surface area contributed by atoms with Gasteiger partial charge in [0.25, 0.3) is 5.91 Å². The summed E-state index contributed by atoms with van der Waals surface area (Å²) in [6.07, 6.45) is 1.84. The molecule has 0 spiro atoms. The zero-order valence-corrected chi connectivity index (χ0v) is 18.0. The number of benzene rings is 2. The van der Waals surface area contributed by atoms with Gasteiger partial charge in [0.15, 0.2) is 6.61 Å². The third-order valence-electron chi connectivity index (χ3n) is 5.61. The molecule has 2 aliphatic rings. The van der Waals surface area contributed by atoms with Gasteiger partial charge in [-0.25, -0.2) is 4.39 Å². The van der Waals surface area contributed by atoms with Gasteiger partial charge in [0, 0.05) is 30.4 Å². The Morgan fingerprint density at radius 3 is 2.77 bits per heavy atom. The summed E-state index contributed by atoms with van der Waals surface area (Å²) in [7, 11) is 1.60. The average molecular weight is 447 g/mol. The second kappa shape index (κ2) is 9.06. The smallest absolute Gasteiger partial charge is 0.262 e. The van der Waals surface area contributed by atoms with Crippen LogP contribution in [0.5, 0.6) is 17.2 Å². The van der Waals surface area contributed by atoms with Crippen molar-refractivity contribution in [3.8, 4) is 17.2 Å². The minimum absolute atomic E-state index is 0.00480. The molecule has 0 unspecified atom stereocenters. The van der Waals surface area contributed by atoms with Crippen molar-refractivity contribution >= 4 is 28.9 Å². The van der Waals surface area contributed by atoms with Gasteiger partial charge in [-0.2, -0.15) is 0 Å². The van der Waals surface area contributed by atoms with Crippen LogP contribution in [0.15, 0.2) is 36.9 Å². The van der Waals surface area contributed by atoms with Gasteiger partial charge in [0.05, 0.1) is 24.4 Å². The summed E-state index contributed by atoms with van der Waals surface area (Å²) in [6, 6.07) is 7.78. The Kier molecular flexibility index (Phi) is 6.23. The van der Waals surface area contributed by atoms with Gasteiger partial charge >= 0.3 is 0 Å². The van der Waals surface area contributed by atoms with Gasteiger partial charge in [-0.3, -0.25) is 4.79 Å². The zero-order valence-electron chi connectivity index (χ0n) is 17.2. The number of carbonyl (C=O) groups excluding carboxylic acids is 1. The lowest BCUT2D eigenvalue weighted by Crippen LogP contribution is -2.34. The third-order valence-corrected chi connectivity index (χ3v) is 5.91. The van der Waals surface area contributed by atoms with Crippen molar-refractivity contribution in [1.82, 2.24) is 4.90 Å². The highest BCUT2D eigenvalue weighted by Gasteiger charge is 2.25. The number of likely N-dealkylation sites (tertiary alicyclic amines) is 1. The van der Waals surface area contributed by atoms with Crippen LogP contribution >= 0.6 is 11.6 Å². The van der Waals surface area contributed by atoms with Crippen molar-refractivity contribution in [3.63, 3.8) is 0 Å². The molecule has 31 heavy (non-hydrogen) atoms. The summed E-state index contributed by atoms with van der Waals surface area (Å²) in [4.78, 5) is 13.9. The van der Waals surface area contributed by atoms with E-state index in [1.807, 2.05) is 6.07 Å². The first kappa shape index (κ1) is 21.3. The van der Waals surface area contributed by atoms with Crippen LogP contribution in [-0.2, 0) is 4.79 Å². The SMILES string of the molecule is C=C(c1cc2c(cc1OC)OCC(=O)N2)N1CCC(COc2ccc(F)cc2Cl)CC1. The van der Waals surface area contributed by atoms with Crippen molar-refractivity contribution in [2.24, 2.45) is 5.92 Å². The Morgan fingerprint density at radius 2 is 2.06 bits per heavy atom. The molecule has 1 fully saturated rings. The van der Waals surface area contributed by atoms with Crippen molar-refractivity contribution < 1.29 is 23.4 Å².